The Kier molecular flexibility index (Phi) is 4.39. The van der Waals surface area contributed by atoms with Crippen molar-refractivity contribution < 1.29 is 0 Å². The largest absolute Gasteiger partial charge is 0.0868 e. The van der Waals surface area contributed by atoms with Crippen molar-refractivity contribution in [3.63, 3.8) is 0 Å². The zero-order chi connectivity index (χ0) is 17.9. The van der Waals surface area contributed by atoms with Gasteiger partial charge in [0.1, 0.15) is 0 Å². The molecule has 0 heterocycles. The highest BCUT2D eigenvalue weighted by atomic mass is 14.5. The van der Waals surface area contributed by atoms with E-state index in [1.807, 2.05) is 6.07 Å². The molecule has 0 radical (unpaired) electrons. The van der Waals surface area contributed by atoms with Gasteiger partial charge in [-0.2, -0.15) is 0 Å². The summed E-state index contributed by atoms with van der Waals surface area (Å²) in [7, 11) is 0. The third-order valence-corrected chi connectivity index (χ3v) is 5.94. The molecule has 26 heavy (non-hydrogen) atoms. The standard InChI is InChI=1S/C26H24/c1-25(19-11-20-25)26(23-14-7-3-8-15-23,24-16-9-4-10-17-24)21-18-22-12-5-2-6-13-22/h2-10,12-17H,11,19-20H2,1H3. The molecule has 0 atom stereocenters. The van der Waals surface area contributed by atoms with Crippen molar-refractivity contribution in [2.45, 2.75) is 31.6 Å². The molecule has 0 heteroatoms. The number of hydrogen-bond acceptors (Lipinski definition) is 0. The smallest absolute Gasteiger partial charge is 0.0808 e. The van der Waals surface area contributed by atoms with Crippen LogP contribution in [0.3, 0.4) is 0 Å². The predicted molar refractivity (Wildman–Crippen MR) is 109 cm³/mol. The van der Waals surface area contributed by atoms with Crippen molar-refractivity contribution >= 4 is 0 Å². The first-order chi connectivity index (χ1) is 12.7. The van der Waals surface area contributed by atoms with Gasteiger partial charge in [-0.15, -0.1) is 0 Å². The second-order valence-electron chi connectivity index (χ2n) is 7.51. The quantitative estimate of drug-likeness (QED) is 0.498. The lowest BCUT2D eigenvalue weighted by Crippen LogP contribution is -2.48. The van der Waals surface area contributed by atoms with E-state index in [4.69, 9.17) is 0 Å². The van der Waals surface area contributed by atoms with Crippen LogP contribution in [0, 0.1) is 17.3 Å². The van der Waals surface area contributed by atoms with Gasteiger partial charge in [0.05, 0.1) is 5.41 Å². The van der Waals surface area contributed by atoms with Crippen molar-refractivity contribution in [3.05, 3.63) is 108 Å². The molecule has 3 aromatic carbocycles. The summed E-state index contributed by atoms with van der Waals surface area (Å²) in [5.41, 5.74) is 3.54. The van der Waals surface area contributed by atoms with Crippen LogP contribution in [0.5, 0.6) is 0 Å². The van der Waals surface area contributed by atoms with Gasteiger partial charge in [0, 0.05) is 5.56 Å². The molecule has 3 aromatic rings. The van der Waals surface area contributed by atoms with E-state index in [-0.39, 0.29) is 10.8 Å². The molecule has 0 bridgehead atoms. The molecule has 128 valence electrons. The maximum absolute atomic E-state index is 3.77. The summed E-state index contributed by atoms with van der Waals surface area (Å²) < 4.78 is 0. The summed E-state index contributed by atoms with van der Waals surface area (Å²) >= 11 is 0. The van der Waals surface area contributed by atoms with Gasteiger partial charge >= 0.3 is 0 Å². The van der Waals surface area contributed by atoms with Gasteiger partial charge in [0.2, 0.25) is 0 Å². The summed E-state index contributed by atoms with van der Waals surface area (Å²) in [4.78, 5) is 0. The highest BCUT2D eigenvalue weighted by molar-refractivity contribution is 5.53. The zero-order valence-electron chi connectivity index (χ0n) is 15.3. The molecule has 1 aliphatic rings. The molecule has 4 rings (SSSR count). The first-order valence-electron chi connectivity index (χ1n) is 9.44. The Morgan fingerprint density at radius 1 is 0.692 bits per heavy atom. The van der Waals surface area contributed by atoms with E-state index in [2.05, 4.69) is 104 Å². The Morgan fingerprint density at radius 2 is 1.15 bits per heavy atom. The van der Waals surface area contributed by atoms with Gasteiger partial charge in [-0.25, -0.2) is 0 Å². The molecule has 0 N–H and O–H groups in total. The van der Waals surface area contributed by atoms with Crippen LogP contribution in [0.25, 0.3) is 0 Å². The van der Waals surface area contributed by atoms with Gasteiger partial charge in [0.25, 0.3) is 0 Å². The molecular formula is C26H24. The van der Waals surface area contributed by atoms with Gasteiger partial charge in [-0.3, -0.25) is 0 Å². The Balaban J connectivity index is 1.97. The van der Waals surface area contributed by atoms with E-state index >= 15 is 0 Å². The molecule has 0 amide bonds. The summed E-state index contributed by atoms with van der Waals surface area (Å²) in [6, 6.07) is 32.1. The molecule has 0 unspecified atom stereocenters. The third kappa shape index (κ3) is 2.74. The van der Waals surface area contributed by atoms with Crippen molar-refractivity contribution in [1.82, 2.24) is 0 Å². The van der Waals surface area contributed by atoms with Gasteiger partial charge in [0.15, 0.2) is 0 Å². The van der Waals surface area contributed by atoms with Gasteiger partial charge in [-0.1, -0.05) is 104 Å². The third-order valence-electron chi connectivity index (χ3n) is 5.94. The molecule has 0 spiro atoms. The van der Waals surface area contributed by atoms with Crippen LogP contribution in [0.15, 0.2) is 91.0 Å². The van der Waals surface area contributed by atoms with Crippen molar-refractivity contribution in [1.29, 1.82) is 0 Å². The number of benzene rings is 3. The van der Waals surface area contributed by atoms with Crippen LogP contribution in [0.2, 0.25) is 0 Å². The van der Waals surface area contributed by atoms with Crippen LogP contribution in [0.4, 0.5) is 0 Å². The normalized spacial score (nSPS) is 15.4. The summed E-state index contributed by atoms with van der Waals surface area (Å²) in [5, 5.41) is 0. The minimum atomic E-state index is -0.288. The van der Waals surface area contributed by atoms with Crippen molar-refractivity contribution in [3.8, 4) is 11.8 Å². The second-order valence-corrected chi connectivity index (χ2v) is 7.51. The lowest BCUT2D eigenvalue weighted by molar-refractivity contribution is 0.0981. The number of rotatable bonds is 3. The van der Waals surface area contributed by atoms with Gasteiger partial charge < -0.3 is 0 Å². The molecule has 0 nitrogen and oxygen atoms in total. The summed E-state index contributed by atoms with van der Waals surface area (Å²) in [6.07, 6.45) is 3.70. The van der Waals surface area contributed by atoms with Crippen LogP contribution < -0.4 is 0 Å². The fourth-order valence-electron chi connectivity index (χ4n) is 4.30. The molecule has 1 fully saturated rings. The molecule has 0 aromatic heterocycles. The average molecular weight is 336 g/mol. The summed E-state index contributed by atoms with van der Waals surface area (Å²) in [6.45, 7) is 2.41. The van der Waals surface area contributed by atoms with E-state index < -0.39 is 0 Å². The Labute approximate surface area is 156 Å². The Morgan fingerprint density at radius 3 is 1.58 bits per heavy atom. The maximum Gasteiger partial charge on any atom is 0.0868 e. The summed E-state index contributed by atoms with van der Waals surface area (Å²) in [5.74, 6) is 7.28. The SMILES string of the molecule is CC1(C(C#Cc2ccccc2)(c2ccccc2)c2ccccc2)CCC1. The highest BCUT2D eigenvalue weighted by Gasteiger charge is 2.52. The highest BCUT2D eigenvalue weighted by Crippen LogP contribution is 2.57. The average Bonchev–Trinajstić information content (AvgIpc) is 2.69. The van der Waals surface area contributed by atoms with Crippen LogP contribution >= 0.6 is 0 Å². The van der Waals surface area contributed by atoms with Gasteiger partial charge in [-0.05, 0) is 41.5 Å². The first-order valence-corrected chi connectivity index (χ1v) is 9.44. The van der Waals surface area contributed by atoms with Crippen molar-refractivity contribution in [2.24, 2.45) is 5.41 Å². The monoisotopic (exact) mass is 336 g/mol. The zero-order valence-corrected chi connectivity index (χ0v) is 15.3. The molecule has 0 aliphatic heterocycles. The topological polar surface area (TPSA) is 0 Å². The Bertz CT molecular complexity index is 868. The second kappa shape index (κ2) is 6.85. The minimum absolute atomic E-state index is 0.150. The van der Waals surface area contributed by atoms with E-state index in [1.165, 1.54) is 30.4 Å². The predicted octanol–water partition coefficient (Wildman–Crippen LogP) is 6.21. The fourth-order valence-corrected chi connectivity index (χ4v) is 4.30. The molecule has 1 saturated carbocycles. The van der Waals surface area contributed by atoms with Crippen LogP contribution in [-0.4, -0.2) is 0 Å². The fraction of sp³-hybridized carbons (Fsp3) is 0.231. The van der Waals surface area contributed by atoms with E-state index in [1.54, 1.807) is 0 Å². The van der Waals surface area contributed by atoms with E-state index in [9.17, 15) is 0 Å². The lowest BCUT2D eigenvalue weighted by Gasteiger charge is -2.52. The lowest BCUT2D eigenvalue weighted by atomic mass is 9.50. The first kappa shape index (κ1) is 16.7. The molecule has 1 aliphatic carbocycles. The minimum Gasteiger partial charge on any atom is -0.0808 e. The Hall–Kier alpha value is -2.78. The maximum atomic E-state index is 3.77. The van der Waals surface area contributed by atoms with E-state index in [0.717, 1.165) is 5.56 Å². The number of hydrogen-bond donors (Lipinski definition) is 0. The van der Waals surface area contributed by atoms with Crippen LogP contribution in [0.1, 0.15) is 42.9 Å². The van der Waals surface area contributed by atoms with Crippen molar-refractivity contribution in [2.75, 3.05) is 0 Å². The van der Waals surface area contributed by atoms with Crippen LogP contribution in [-0.2, 0) is 5.41 Å². The molecule has 0 saturated heterocycles. The molecular weight excluding hydrogens is 312 g/mol. The van der Waals surface area contributed by atoms with E-state index in [0.29, 0.717) is 0 Å².